The van der Waals surface area contributed by atoms with Crippen LogP contribution in [-0.2, 0) is 11.3 Å². The summed E-state index contributed by atoms with van der Waals surface area (Å²) in [5, 5.41) is 11.0. The molecule has 2 heterocycles. The fraction of sp³-hybridized carbons (Fsp3) is 0.0667. The first kappa shape index (κ1) is 15.8. The average molecular weight is 346 g/mol. The highest BCUT2D eigenvalue weighted by molar-refractivity contribution is 6.30. The lowest BCUT2D eigenvalue weighted by molar-refractivity contribution is -0.118. The van der Waals surface area contributed by atoms with Crippen molar-refractivity contribution in [3.63, 3.8) is 0 Å². The summed E-state index contributed by atoms with van der Waals surface area (Å²) in [7, 11) is 0. The zero-order chi connectivity index (χ0) is 17.1. The highest BCUT2D eigenvalue weighted by Crippen LogP contribution is 2.22. The van der Waals surface area contributed by atoms with E-state index in [1.165, 1.54) is 23.0 Å². The zero-order valence-electron chi connectivity index (χ0n) is 12.3. The third kappa shape index (κ3) is 3.61. The van der Waals surface area contributed by atoms with E-state index in [1.807, 2.05) is 0 Å². The van der Waals surface area contributed by atoms with Crippen LogP contribution >= 0.6 is 11.6 Å². The Balaban J connectivity index is 1.72. The van der Waals surface area contributed by atoms with E-state index < -0.39 is 11.8 Å². The van der Waals surface area contributed by atoms with E-state index >= 15 is 0 Å². The van der Waals surface area contributed by atoms with Crippen LogP contribution in [0.25, 0.3) is 11.3 Å². The van der Waals surface area contributed by atoms with Crippen LogP contribution in [0.15, 0.2) is 47.1 Å². The van der Waals surface area contributed by atoms with E-state index in [4.69, 9.17) is 21.9 Å². The second-order valence-electron chi connectivity index (χ2n) is 4.91. The van der Waals surface area contributed by atoms with Crippen LogP contribution in [-0.4, -0.2) is 26.8 Å². The summed E-state index contributed by atoms with van der Waals surface area (Å²) < 4.78 is 6.37. The number of anilines is 1. The number of nitrogens with zero attached hydrogens (tertiary/aromatic N) is 3. The second-order valence-corrected chi connectivity index (χ2v) is 5.34. The van der Waals surface area contributed by atoms with Crippen molar-refractivity contribution in [1.29, 1.82) is 0 Å². The van der Waals surface area contributed by atoms with Gasteiger partial charge in [0.05, 0.1) is 0 Å². The SMILES string of the molecule is NC(=O)Cn1ccc(NC(=O)c2cc(-c3cccc(Cl)c3)no2)n1. The number of hydrogen-bond donors (Lipinski definition) is 2. The highest BCUT2D eigenvalue weighted by Gasteiger charge is 2.15. The lowest BCUT2D eigenvalue weighted by atomic mass is 10.1. The molecule has 0 fully saturated rings. The molecule has 2 aromatic heterocycles. The van der Waals surface area contributed by atoms with Crippen molar-refractivity contribution >= 4 is 29.2 Å². The molecule has 0 atom stereocenters. The maximum atomic E-state index is 12.1. The number of amides is 2. The number of aromatic nitrogens is 3. The molecule has 0 bridgehead atoms. The topological polar surface area (TPSA) is 116 Å². The lowest BCUT2D eigenvalue weighted by Crippen LogP contribution is -2.19. The van der Waals surface area contributed by atoms with E-state index in [2.05, 4.69) is 15.6 Å². The van der Waals surface area contributed by atoms with Crippen LogP contribution in [0.3, 0.4) is 0 Å². The van der Waals surface area contributed by atoms with Crippen molar-refractivity contribution in [3.8, 4) is 11.3 Å². The van der Waals surface area contributed by atoms with Crippen molar-refractivity contribution in [2.75, 3.05) is 5.32 Å². The summed E-state index contributed by atoms with van der Waals surface area (Å²) in [6, 6.07) is 10.1. The molecule has 0 unspecified atom stereocenters. The molecule has 2 amide bonds. The van der Waals surface area contributed by atoms with Gasteiger partial charge in [0.2, 0.25) is 11.7 Å². The Labute approximate surface area is 141 Å². The minimum absolute atomic E-state index is 0.0226. The predicted molar refractivity (Wildman–Crippen MR) is 86.3 cm³/mol. The normalized spacial score (nSPS) is 10.5. The summed E-state index contributed by atoms with van der Waals surface area (Å²) in [5.74, 6) is -0.756. The standard InChI is InChI=1S/C15H12ClN5O3/c16-10-3-1-2-9(6-10)11-7-12(24-20-11)15(23)18-14-4-5-21(19-14)8-13(17)22/h1-7H,8H2,(H2,17,22)(H,18,19,23). The Morgan fingerprint density at radius 2 is 2.12 bits per heavy atom. The van der Waals surface area contributed by atoms with Crippen LogP contribution in [0.1, 0.15) is 10.6 Å². The van der Waals surface area contributed by atoms with Crippen LogP contribution in [0.2, 0.25) is 5.02 Å². The maximum absolute atomic E-state index is 12.1. The Morgan fingerprint density at radius 3 is 2.88 bits per heavy atom. The first-order chi connectivity index (χ1) is 11.5. The molecule has 0 spiro atoms. The predicted octanol–water partition coefficient (Wildman–Crippen LogP) is 1.93. The maximum Gasteiger partial charge on any atom is 0.295 e. The first-order valence-electron chi connectivity index (χ1n) is 6.87. The second kappa shape index (κ2) is 6.55. The molecule has 8 nitrogen and oxygen atoms in total. The first-order valence-corrected chi connectivity index (χ1v) is 7.25. The molecule has 24 heavy (non-hydrogen) atoms. The molecule has 1 aromatic carbocycles. The number of halogens is 1. The van der Waals surface area contributed by atoms with E-state index in [9.17, 15) is 9.59 Å². The van der Waals surface area contributed by atoms with Gasteiger partial charge in [-0.2, -0.15) is 5.10 Å². The molecule has 0 aliphatic rings. The van der Waals surface area contributed by atoms with E-state index in [1.54, 1.807) is 24.3 Å². The largest absolute Gasteiger partial charge is 0.368 e. The molecular weight excluding hydrogens is 334 g/mol. The Kier molecular flexibility index (Phi) is 4.30. The van der Waals surface area contributed by atoms with Gasteiger partial charge in [0.25, 0.3) is 5.91 Å². The third-order valence-electron chi connectivity index (χ3n) is 3.05. The van der Waals surface area contributed by atoms with Gasteiger partial charge in [-0.1, -0.05) is 28.9 Å². The van der Waals surface area contributed by atoms with Gasteiger partial charge in [0.15, 0.2) is 5.82 Å². The molecule has 3 rings (SSSR count). The number of nitrogens with one attached hydrogen (secondary N) is 1. The van der Waals surface area contributed by atoms with Crippen molar-refractivity contribution in [3.05, 3.63) is 53.4 Å². The minimum atomic E-state index is -0.530. The summed E-state index contributed by atoms with van der Waals surface area (Å²) in [4.78, 5) is 23.0. The van der Waals surface area contributed by atoms with Gasteiger partial charge in [-0.25, -0.2) is 0 Å². The van der Waals surface area contributed by atoms with Gasteiger partial charge < -0.3 is 15.6 Å². The fourth-order valence-electron chi connectivity index (χ4n) is 2.02. The third-order valence-corrected chi connectivity index (χ3v) is 3.29. The summed E-state index contributed by atoms with van der Waals surface area (Å²) in [5.41, 5.74) is 6.30. The fourth-order valence-corrected chi connectivity index (χ4v) is 2.21. The number of benzene rings is 1. The summed E-state index contributed by atoms with van der Waals surface area (Å²) in [6.45, 7) is -0.0723. The molecule has 9 heteroatoms. The van der Waals surface area contributed by atoms with Crippen LogP contribution in [0.4, 0.5) is 5.82 Å². The zero-order valence-corrected chi connectivity index (χ0v) is 13.0. The van der Waals surface area contributed by atoms with Gasteiger partial charge in [-0.3, -0.25) is 14.3 Å². The Bertz CT molecular complexity index is 902. The molecule has 3 aromatic rings. The number of hydrogen-bond acceptors (Lipinski definition) is 5. The number of primary amides is 1. The van der Waals surface area contributed by atoms with Gasteiger partial charge in [-0.05, 0) is 12.1 Å². The van der Waals surface area contributed by atoms with E-state index in [0.29, 0.717) is 10.7 Å². The van der Waals surface area contributed by atoms with Crippen molar-refractivity contribution < 1.29 is 14.1 Å². The quantitative estimate of drug-likeness (QED) is 0.732. The smallest absolute Gasteiger partial charge is 0.295 e. The van der Waals surface area contributed by atoms with Gasteiger partial charge >= 0.3 is 0 Å². The molecule has 122 valence electrons. The average Bonchev–Trinajstić information content (AvgIpc) is 3.16. The van der Waals surface area contributed by atoms with Gasteiger partial charge in [0, 0.05) is 28.9 Å². The molecule has 0 aliphatic carbocycles. The summed E-state index contributed by atoms with van der Waals surface area (Å²) >= 11 is 5.93. The molecule has 3 N–H and O–H groups in total. The molecule has 0 saturated heterocycles. The number of nitrogens with two attached hydrogens (primary N) is 1. The monoisotopic (exact) mass is 345 g/mol. The number of carbonyl (C=O) groups excluding carboxylic acids is 2. The van der Waals surface area contributed by atoms with Crippen molar-refractivity contribution in [2.24, 2.45) is 5.73 Å². The molecule has 0 saturated carbocycles. The van der Waals surface area contributed by atoms with E-state index in [-0.39, 0.29) is 18.1 Å². The molecule has 0 aliphatic heterocycles. The molecule has 0 radical (unpaired) electrons. The van der Waals surface area contributed by atoms with Crippen LogP contribution in [0, 0.1) is 0 Å². The van der Waals surface area contributed by atoms with Crippen LogP contribution in [0.5, 0.6) is 0 Å². The number of carbonyl (C=O) groups is 2. The van der Waals surface area contributed by atoms with Crippen molar-refractivity contribution in [1.82, 2.24) is 14.9 Å². The Hall–Kier alpha value is -3.13. The highest BCUT2D eigenvalue weighted by atomic mass is 35.5. The van der Waals surface area contributed by atoms with Gasteiger partial charge in [-0.15, -0.1) is 0 Å². The van der Waals surface area contributed by atoms with Crippen LogP contribution < -0.4 is 11.1 Å². The summed E-state index contributed by atoms with van der Waals surface area (Å²) in [6.07, 6.45) is 1.53. The lowest BCUT2D eigenvalue weighted by Gasteiger charge is -1.98. The minimum Gasteiger partial charge on any atom is -0.368 e. The number of rotatable bonds is 5. The Morgan fingerprint density at radius 1 is 1.29 bits per heavy atom. The molecular formula is C15H12ClN5O3. The van der Waals surface area contributed by atoms with Crippen molar-refractivity contribution in [2.45, 2.75) is 6.54 Å². The van der Waals surface area contributed by atoms with Gasteiger partial charge in [0.1, 0.15) is 12.2 Å². The van der Waals surface area contributed by atoms with E-state index in [0.717, 1.165) is 5.56 Å².